The summed E-state index contributed by atoms with van der Waals surface area (Å²) in [5.74, 6) is -1.35. The van der Waals surface area contributed by atoms with Crippen LogP contribution in [0, 0.1) is 5.92 Å². The van der Waals surface area contributed by atoms with Gasteiger partial charge in [-0.2, -0.15) is 0 Å². The molecule has 3 nitrogen and oxygen atoms in total. The number of carbonyl (C=O) groups is 1. The lowest BCUT2D eigenvalue weighted by atomic mass is 9.85. The summed E-state index contributed by atoms with van der Waals surface area (Å²) >= 11 is 3.44. The molecule has 0 radical (unpaired) electrons. The van der Waals surface area contributed by atoms with E-state index in [9.17, 15) is 15.0 Å². The first-order valence-electron chi connectivity index (χ1n) is 6.69. The minimum absolute atomic E-state index is 0.351. The zero-order valence-electron chi connectivity index (χ0n) is 10.8. The summed E-state index contributed by atoms with van der Waals surface area (Å²) in [7, 11) is 0. The molecule has 1 aliphatic carbocycles. The first kappa shape index (κ1) is 14.5. The maximum atomic E-state index is 11.4. The van der Waals surface area contributed by atoms with Gasteiger partial charge in [-0.3, -0.25) is 4.79 Å². The highest BCUT2D eigenvalue weighted by molar-refractivity contribution is 9.10. The Bertz CT molecular complexity index is 452. The van der Waals surface area contributed by atoms with E-state index >= 15 is 0 Å². The Labute approximate surface area is 121 Å². The van der Waals surface area contributed by atoms with Crippen LogP contribution >= 0.6 is 15.9 Å². The van der Waals surface area contributed by atoms with Crippen molar-refractivity contribution in [2.24, 2.45) is 5.92 Å². The third-order valence-electron chi connectivity index (χ3n) is 3.93. The van der Waals surface area contributed by atoms with Crippen molar-refractivity contribution in [1.82, 2.24) is 0 Å². The van der Waals surface area contributed by atoms with Crippen LogP contribution in [0.25, 0.3) is 0 Å². The lowest BCUT2D eigenvalue weighted by Gasteiger charge is -2.26. The first-order chi connectivity index (χ1) is 9.00. The fraction of sp³-hybridized carbons (Fsp3) is 0.533. The average Bonchev–Trinajstić information content (AvgIpc) is 2.78. The quantitative estimate of drug-likeness (QED) is 0.872. The molecule has 0 bridgehead atoms. The molecule has 1 aromatic carbocycles. The van der Waals surface area contributed by atoms with Crippen LogP contribution in [0.3, 0.4) is 0 Å². The van der Waals surface area contributed by atoms with Crippen LogP contribution < -0.4 is 0 Å². The molecule has 1 aliphatic rings. The van der Waals surface area contributed by atoms with E-state index in [1.165, 1.54) is 0 Å². The van der Waals surface area contributed by atoms with Gasteiger partial charge in [-0.25, -0.2) is 0 Å². The van der Waals surface area contributed by atoms with Gasteiger partial charge in [-0.1, -0.05) is 47.0 Å². The monoisotopic (exact) mass is 326 g/mol. The first-order valence-corrected chi connectivity index (χ1v) is 7.48. The Morgan fingerprint density at radius 2 is 1.95 bits per heavy atom. The number of rotatable bonds is 5. The molecule has 1 atom stereocenters. The maximum absolute atomic E-state index is 11.4. The van der Waals surface area contributed by atoms with E-state index in [2.05, 4.69) is 15.9 Å². The lowest BCUT2D eigenvalue weighted by Crippen LogP contribution is -2.32. The van der Waals surface area contributed by atoms with Crippen LogP contribution in [0.15, 0.2) is 28.7 Å². The molecule has 0 heterocycles. The Morgan fingerprint density at radius 1 is 1.32 bits per heavy atom. The van der Waals surface area contributed by atoms with Crippen LogP contribution in [-0.2, 0) is 11.2 Å². The van der Waals surface area contributed by atoms with Crippen LogP contribution in [-0.4, -0.2) is 21.8 Å². The van der Waals surface area contributed by atoms with Crippen molar-refractivity contribution in [2.45, 2.75) is 44.1 Å². The zero-order chi connectivity index (χ0) is 13.9. The van der Waals surface area contributed by atoms with E-state index in [-0.39, 0.29) is 0 Å². The van der Waals surface area contributed by atoms with E-state index in [0.29, 0.717) is 12.8 Å². The molecule has 0 saturated heterocycles. The number of aliphatic carboxylic acids is 1. The topological polar surface area (TPSA) is 57.5 Å². The van der Waals surface area contributed by atoms with Crippen molar-refractivity contribution in [3.8, 4) is 0 Å². The van der Waals surface area contributed by atoms with E-state index in [0.717, 1.165) is 35.7 Å². The van der Waals surface area contributed by atoms with E-state index in [4.69, 9.17) is 0 Å². The minimum Gasteiger partial charge on any atom is -0.481 e. The van der Waals surface area contributed by atoms with E-state index in [1.54, 1.807) is 0 Å². The van der Waals surface area contributed by atoms with Crippen molar-refractivity contribution in [1.29, 1.82) is 0 Å². The van der Waals surface area contributed by atoms with Gasteiger partial charge in [-0.15, -0.1) is 0 Å². The number of aliphatic hydroxyl groups is 1. The molecular formula is C15H19BrO3. The summed E-state index contributed by atoms with van der Waals surface area (Å²) in [6.45, 7) is 0. The van der Waals surface area contributed by atoms with Crippen LogP contribution in [0.2, 0.25) is 0 Å². The molecule has 0 spiro atoms. The van der Waals surface area contributed by atoms with Gasteiger partial charge in [0.05, 0.1) is 11.5 Å². The van der Waals surface area contributed by atoms with E-state index in [1.807, 2.05) is 24.3 Å². The molecular weight excluding hydrogens is 308 g/mol. The molecule has 0 aliphatic heterocycles. The predicted molar refractivity (Wildman–Crippen MR) is 77.0 cm³/mol. The number of halogens is 1. The van der Waals surface area contributed by atoms with Gasteiger partial charge in [0.25, 0.3) is 0 Å². The lowest BCUT2D eigenvalue weighted by molar-refractivity contribution is -0.144. The highest BCUT2D eigenvalue weighted by Gasteiger charge is 2.36. The van der Waals surface area contributed by atoms with Crippen LogP contribution in [0.4, 0.5) is 0 Å². The third-order valence-corrected chi connectivity index (χ3v) is 4.71. The van der Waals surface area contributed by atoms with Gasteiger partial charge in [0.15, 0.2) is 0 Å². The molecule has 4 heteroatoms. The molecule has 1 aromatic rings. The fourth-order valence-electron chi connectivity index (χ4n) is 2.87. The van der Waals surface area contributed by atoms with Gasteiger partial charge >= 0.3 is 5.97 Å². The Kier molecular flexibility index (Phi) is 4.63. The summed E-state index contributed by atoms with van der Waals surface area (Å²) in [5, 5.41) is 19.8. The van der Waals surface area contributed by atoms with Gasteiger partial charge in [-0.05, 0) is 37.3 Å². The normalized spacial score (nSPS) is 19.3. The second-order valence-electron chi connectivity index (χ2n) is 5.47. The third kappa shape index (κ3) is 3.80. The largest absolute Gasteiger partial charge is 0.481 e. The fourth-order valence-corrected chi connectivity index (χ4v) is 3.32. The molecule has 1 unspecified atom stereocenters. The number of carboxylic acids is 1. The van der Waals surface area contributed by atoms with Crippen molar-refractivity contribution in [2.75, 3.05) is 0 Å². The predicted octanol–water partition coefficient (Wildman–Crippen LogP) is 3.39. The highest BCUT2D eigenvalue weighted by atomic mass is 79.9. The van der Waals surface area contributed by atoms with Crippen molar-refractivity contribution < 1.29 is 15.0 Å². The standard InChI is InChI=1S/C15H19BrO3/c16-13-6-2-1-5-11(13)9-12(14(17)18)10-15(19)7-3-4-8-15/h1-2,5-6,12,19H,3-4,7-10H2,(H,17,18). The van der Waals surface area contributed by atoms with E-state index < -0.39 is 17.5 Å². The number of benzene rings is 1. The molecule has 0 amide bonds. The molecule has 2 N–H and O–H groups in total. The van der Waals surface area contributed by atoms with Gasteiger partial charge < -0.3 is 10.2 Å². The molecule has 2 rings (SSSR count). The summed E-state index contributed by atoms with van der Waals surface area (Å²) in [4.78, 5) is 11.4. The minimum atomic E-state index is -0.823. The molecule has 19 heavy (non-hydrogen) atoms. The highest BCUT2D eigenvalue weighted by Crippen LogP contribution is 2.36. The van der Waals surface area contributed by atoms with Gasteiger partial charge in [0.1, 0.15) is 0 Å². The SMILES string of the molecule is O=C(O)C(Cc1ccccc1Br)CC1(O)CCCC1. The summed E-state index contributed by atoms with van der Waals surface area (Å²) in [6.07, 6.45) is 4.26. The second kappa shape index (κ2) is 6.06. The van der Waals surface area contributed by atoms with Crippen molar-refractivity contribution in [3.63, 3.8) is 0 Å². The van der Waals surface area contributed by atoms with Crippen LogP contribution in [0.1, 0.15) is 37.7 Å². The Morgan fingerprint density at radius 3 is 2.53 bits per heavy atom. The smallest absolute Gasteiger partial charge is 0.306 e. The molecule has 0 aromatic heterocycles. The number of hydrogen-bond donors (Lipinski definition) is 2. The maximum Gasteiger partial charge on any atom is 0.306 e. The zero-order valence-corrected chi connectivity index (χ0v) is 12.4. The summed E-state index contributed by atoms with van der Waals surface area (Å²) in [6, 6.07) is 7.66. The van der Waals surface area contributed by atoms with Gasteiger partial charge in [0.2, 0.25) is 0 Å². The summed E-state index contributed by atoms with van der Waals surface area (Å²) in [5.41, 5.74) is 0.209. The Balaban J connectivity index is 2.08. The Hall–Kier alpha value is -0.870. The molecule has 1 fully saturated rings. The number of carboxylic acid groups (broad SMARTS) is 1. The van der Waals surface area contributed by atoms with Gasteiger partial charge in [0, 0.05) is 4.47 Å². The van der Waals surface area contributed by atoms with Crippen LogP contribution in [0.5, 0.6) is 0 Å². The average molecular weight is 327 g/mol. The molecule has 1 saturated carbocycles. The summed E-state index contributed by atoms with van der Waals surface area (Å²) < 4.78 is 0.930. The van der Waals surface area contributed by atoms with Crippen molar-refractivity contribution >= 4 is 21.9 Å². The molecule has 104 valence electrons. The van der Waals surface area contributed by atoms with Crippen molar-refractivity contribution in [3.05, 3.63) is 34.3 Å². The number of hydrogen-bond acceptors (Lipinski definition) is 2. The second-order valence-corrected chi connectivity index (χ2v) is 6.32.